The molecule has 0 radical (unpaired) electrons. The molecule has 0 saturated carbocycles. The minimum atomic E-state index is 0.122. The average Bonchev–Trinajstić information content (AvgIpc) is 3.13. The lowest BCUT2D eigenvalue weighted by Gasteiger charge is -2.17. The van der Waals surface area contributed by atoms with Gasteiger partial charge in [0.25, 0.3) is 0 Å². The van der Waals surface area contributed by atoms with Gasteiger partial charge in [0.2, 0.25) is 0 Å². The summed E-state index contributed by atoms with van der Waals surface area (Å²) in [4.78, 5) is 4.49. The van der Waals surface area contributed by atoms with Crippen molar-refractivity contribution in [2.45, 2.75) is 38.7 Å². The standard InChI is InChI=1S/C18H25N3O/c1-12(2)17-15(8-9-22-17)11-20-18(19)21-16-7-6-13-4-3-5-14(13)10-16/h6-7,10,15,17H,1,3-5,8-9,11H2,2H3,(H3,19,20,21). The van der Waals surface area contributed by atoms with Crippen LogP contribution in [0.1, 0.15) is 30.9 Å². The lowest BCUT2D eigenvalue weighted by molar-refractivity contribution is 0.120. The summed E-state index contributed by atoms with van der Waals surface area (Å²) >= 11 is 0. The van der Waals surface area contributed by atoms with E-state index in [0.717, 1.165) is 24.3 Å². The molecule has 1 heterocycles. The topological polar surface area (TPSA) is 59.6 Å². The molecule has 1 aliphatic carbocycles. The van der Waals surface area contributed by atoms with Crippen molar-refractivity contribution < 1.29 is 4.74 Å². The van der Waals surface area contributed by atoms with Crippen molar-refractivity contribution in [3.8, 4) is 0 Å². The summed E-state index contributed by atoms with van der Waals surface area (Å²) in [5.41, 5.74) is 11.0. The molecule has 3 rings (SSSR count). The number of ether oxygens (including phenoxy) is 1. The van der Waals surface area contributed by atoms with Gasteiger partial charge in [-0.3, -0.25) is 4.99 Å². The highest BCUT2D eigenvalue weighted by molar-refractivity contribution is 5.92. The van der Waals surface area contributed by atoms with Gasteiger partial charge in [0, 0.05) is 24.8 Å². The molecular formula is C18H25N3O. The van der Waals surface area contributed by atoms with E-state index in [4.69, 9.17) is 10.5 Å². The SMILES string of the molecule is C=C(C)C1OCCC1CN=C(N)Nc1ccc2c(c1)CCC2. The summed E-state index contributed by atoms with van der Waals surface area (Å²) in [7, 11) is 0. The Kier molecular flexibility index (Phi) is 4.48. The van der Waals surface area contributed by atoms with Crippen LogP contribution in [0.25, 0.3) is 0 Å². The second kappa shape index (κ2) is 6.53. The number of hydrogen-bond acceptors (Lipinski definition) is 2. The zero-order valence-corrected chi connectivity index (χ0v) is 13.3. The van der Waals surface area contributed by atoms with Crippen molar-refractivity contribution in [2.75, 3.05) is 18.5 Å². The molecule has 1 fully saturated rings. The number of nitrogens with one attached hydrogen (secondary N) is 1. The largest absolute Gasteiger partial charge is 0.374 e. The zero-order chi connectivity index (χ0) is 15.5. The normalized spacial score (nSPS) is 24.3. The van der Waals surface area contributed by atoms with E-state index in [9.17, 15) is 0 Å². The molecule has 2 unspecified atom stereocenters. The highest BCUT2D eigenvalue weighted by Crippen LogP contribution is 2.26. The van der Waals surface area contributed by atoms with Crippen LogP contribution in [-0.4, -0.2) is 25.2 Å². The summed E-state index contributed by atoms with van der Waals surface area (Å²) < 4.78 is 5.70. The van der Waals surface area contributed by atoms with E-state index in [0.29, 0.717) is 18.4 Å². The summed E-state index contributed by atoms with van der Waals surface area (Å²) in [5.74, 6) is 0.864. The van der Waals surface area contributed by atoms with E-state index in [1.807, 2.05) is 6.92 Å². The minimum absolute atomic E-state index is 0.122. The molecule has 4 nitrogen and oxygen atoms in total. The fourth-order valence-electron chi connectivity index (χ4n) is 3.42. The molecule has 0 aromatic heterocycles. The maximum absolute atomic E-state index is 6.03. The summed E-state index contributed by atoms with van der Waals surface area (Å²) in [6, 6.07) is 6.47. The third kappa shape index (κ3) is 3.33. The van der Waals surface area contributed by atoms with Crippen molar-refractivity contribution in [3.05, 3.63) is 41.5 Å². The number of anilines is 1. The van der Waals surface area contributed by atoms with Gasteiger partial charge in [0.05, 0.1) is 6.10 Å². The molecule has 2 aliphatic rings. The quantitative estimate of drug-likeness (QED) is 0.510. The van der Waals surface area contributed by atoms with Crippen LogP contribution in [-0.2, 0) is 17.6 Å². The van der Waals surface area contributed by atoms with E-state index >= 15 is 0 Å². The third-order valence-electron chi connectivity index (χ3n) is 4.57. The predicted molar refractivity (Wildman–Crippen MR) is 91.2 cm³/mol. The van der Waals surface area contributed by atoms with Crippen LogP contribution in [0.2, 0.25) is 0 Å². The second-order valence-electron chi connectivity index (χ2n) is 6.37. The first-order valence-corrected chi connectivity index (χ1v) is 8.09. The molecular weight excluding hydrogens is 274 g/mol. The van der Waals surface area contributed by atoms with Crippen molar-refractivity contribution in [3.63, 3.8) is 0 Å². The first kappa shape index (κ1) is 15.1. The van der Waals surface area contributed by atoms with Crippen LogP contribution in [0.15, 0.2) is 35.3 Å². The Hall–Kier alpha value is -1.81. The monoisotopic (exact) mass is 299 g/mol. The van der Waals surface area contributed by atoms with Gasteiger partial charge in [-0.2, -0.15) is 0 Å². The maximum atomic E-state index is 6.03. The predicted octanol–water partition coefficient (Wildman–Crippen LogP) is 2.88. The smallest absolute Gasteiger partial charge is 0.193 e. The summed E-state index contributed by atoms with van der Waals surface area (Å²) in [5, 5.41) is 3.20. The van der Waals surface area contributed by atoms with Gasteiger partial charge in [-0.05, 0) is 55.9 Å². The maximum Gasteiger partial charge on any atom is 0.193 e. The molecule has 118 valence electrons. The van der Waals surface area contributed by atoms with Crippen LogP contribution < -0.4 is 11.1 Å². The second-order valence-corrected chi connectivity index (χ2v) is 6.37. The molecule has 1 saturated heterocycles. The van der Waals surface area contributed by atoms with Crippen LogP contribution >= 0.6 is 0 Å². The first-order chi connectivity index (χ1) is 10.6. The number of fused-ring (bicyclic) bond motifs is 1. The lowest BCUT2D eigenvalue weighted by atomic mass is 9.97. The van der Waals surface area contributed by atoms with Gasteiger partial charge >= 0.3 is 0 Å². The summed E-state index contributed by atoms with van der Waals surface area (Å²) in [6.07, 6.45) is 4.76. The molecule has 1 aliphatic heterocycles. The van der Waals surface area contributed by atoms with E-state index in [-0.39, 0.29) is 6.10 Å². The highest BCUT2D eigenvalue weighted by atomic mass is 16.5. The highest BCUT2D eigenvalue weighted by Gasteiger charge is 2.28. The molecule has 0 spiro atoms. The third-order valence-corrected chi connectivity index (χ3v) is 4.57. The van der Waals surface area contributed by atoms with E-state index < -0.39 is 0 Å². The van der Waals surface area contributed by atoms with Crippen LogP contribution in [0, 0.1) is 5.92 Å². The van der Waals surface area contributed by atoms with Crippen LogP contribution in [0.3, 0.4) is 0 Å². The minimum Gasteiger partial charge on any atom is -0.374 e. The summed E-state index contributed by atoms with van der Waals surface area (Å²) in [6.45, 7) is 7.48. The van der Waals surface area contributed by atoms with Crippen molar-refractivity contribution in [1.82, 2.24) is 0 Å². The van der Waals surface area contributed by atoms with Crippen molar-refractivity contribution in [1.29, 1.82) is 0 Å². The van der Waals surface area contributed by atoms with E-state index in [1.165, 1.54) is 30.4 Å². The number of nitrogens with zero attached hydrogens (tertiary/aromatic N) is 1. The first-order valence-electron chi connectivity index (χ1n) is 8.09. The number of aryl methyl sites for hydroxylation is 2. The van der Waals surface area contributed by atoms with Crippen molar-refractivity contribution >= 4 is 11.6 Å². The van der Waals surface area contributed by atoms with Gasteiger partial charge in [0.15, 0.2) is 5.96 Å². The van der Waals surface area contributed by atoms with Crippen LogP contribution in [0.5, 0.6) is 0 Å². The molecule has 1 aromatic carbocycles. The molecule has 1 aromatic rings. The number of nitrogens with two attached hydrogens (primary N) is 1. The van der Waals surface area contributed by atoms with Gasteiger partial charge < -0.3 is 15.8 Å². The fourth-order valence-corrected chi connectivity index (χ4v) is 3.42. The Morgan fingerprint density at radius 2 is 2.23 bits per heavy atom. The van der Waals surface area contributed by atoms with E-state index in [2.05, 4.69) is 35.1 Å². The Bertz CT molecular complexity index is 594. The fraction of sp³-hybridized carbons (Fsp3) is 0.500. The Morgan fingerprint density at radius 3 is 3.05 bits per heavy atom. The number of aliphatic imine (C=N–C) groups is 1. The molecule has 3 N–H and O–H groups in total. The van der Waals surface area contributed by atoms with Crippen molar-refractivity contribution in [2.24, 2.45) is 16.6 Å². The molecule has 0 amide bonds. The van der Waals surface area contributed by atoms with Gasteiger partial charge in [-0.15, -0.1) is 0 Å². The number of guanidine groups is 1. The van der Waals surface area contributed by atoms with Crippen LogP contribution in [0.4, 0.5) is 5.69 Å². The van der Waals surface area contributed by atoms with Gasteiger partial charge in [-0.25, -0.2) is 0 Å². The number of rotatable bonds is 4. The van der Waals surface area contributed by atoms with E-state index in [1.54, 1.807) is 0 Å². The Labute approximate surface area is 132 Å². The Morgan fingerprint density at radius 1 is 1.41 bits per heavy atom. The molecule has 22 heavy (non-hydrogen) atoms. The average molecular weight is 299 g/mol. The number of benzene rings is 1. The zero-order valence-electron chi connectivity index (χ0n) is 13.3. The van der Waals surface area contributed by atoms with Gasteiger partial charge in [0.1, 0.15) is 0 Å². The molecule has 0 bridgehead atoms. The van der Waals surface area contributed by atoms with Gasteiger partial charge in [-0.1, -0.05) is 18.2 Å². The lowest BCUT2D eigenvalue weighted by Crippen LogP contribution is -2.26. The molecule has 4 heteroatoms. The Balaban J connectivity index is 1.59. The number of hydrogen-bond donors (Lipinski definition) is 2. The molecule has 2 atom stereocenters.